The molecule has 0 radical (unpaired) electrons. The van der Waals surface area contributed by atoms with Crippen molar-refractivity contribution >= 4 is 28.9 Å². The summed E-state index contributed by atoms with van der Waals surface area (Å²) in [5, 5.41) is 3.22. The van der Waals surface area contributed by atoms with E-state index in [1.54, 1.807) is 24.2 Å². The first kappa shape index (κ1) is 15.1. The van der Waals surface area contributed by atoms with Crippen LogP contribution >= 0.6 is 0 Å². The lowest BCUT2D eigenvalue weighted by Crippen LogP contribution is -2.78. The van der Waals surface area contributed by atoms with Gasteiger partial charge in [0, 0.05) is 24.1 Å². The molecule has 8 heteroatoms. The summed E-state index contributed by atoms with van der Waals surface area (Å²) in [6.07, 6.45) is 2.18. The molecule has 0 bridgehead atoms. The Morgan fingerprint density at radius 2 is 2.15 bits per heavy atom. The van der Waals surface area contributed by atoms with E-state index < -0.39 is 35.3 Å². The molecule has 138 valence electrons. The number of furan rings is 1. The Bertz CT molecular complexity index is 1060. The number of esters is 1. The maximum atomic E-state index is 12.8. The summed E-state index contributed by atoms with van der Waals surface area (Å²) < 4.78 is 17.2. The van der Waals surface area contributed by atoms with Crippen molar-refractivity contribution in [2.75, 3.05) is 13.2 Å². The smallest absolute Gasteiger partial charge is 0.324 e. The number of benzene rings is 1. The lowest BCUT2D eigenvalue weighted by molar-refractivity contribution is -0.180. The van der Waals surface area contributed by atoms with Crippen LogP contribution < -0.4 is 14.8 Å². The van der Waals surface area contributed by atoms with Gasteiger partial charge in [0.2, 0.25) is 5.91 Å². The highest BCUT2D eigenvalue weighted by Crippen LogP contribution is 2.65. The first-order chi connectivity index (χ1) is 13.0. The van der Waals surface area contributed by atoms with Gasteiger partial charge in [0.1, 0.15) is 17.1 Å². The monoisotopic (exact) mass is 368 g/mol. The molecule has 1 aromatic carbocycles. The molecule has 1 aromatic heterocycles. The average molecular weight is 368 g/mol. The number of carbonyl (C=O) groups excluding carboxylic acids is 3. The summed E-state index contributed by atoms with van der Waals surface area (Å²) in [4.78, 5) is 39.7. The second-order valence-corrected chi connectivity index (χ2v) is 7.76. The molecule has 1 saturated heterocycles. The number of nitrogens with zero attached hydrogens (tertiary/aromatic N) is 1. The lowest BCUT2D eigenvalue weighted by Gasteiger charge is -2.63. The molecule has 3 aliphatic heterocycles. The number of carbonyl (C=O) groups is 3. The Morgan fingerprint density at radius 3 is 3.00 bits per heavy atom. The van der Waals surface area contributed by atoms with E-state index in [2.05, 4.69) is 5.32 Å². The molecule has 8 nitrogen and oxygen atoms in total. The zero-order valence-electron chi connectivity index (χ0n) is 14.5. The lowest BCUT2D eigenvalue weighted by atomic mass is 9.46. The van der Waals surface area contributed by atoms with E-state index in [1.165, 1.54) is 0 Å². The number of hydrogen-bond donors (Lipinski definition) is 1. The Kier molecular flexibility index (Phi) is 2.58. The highest BCUT2D eigenvalue weighted by Gasteiger charge is 2.73. The van der Waals surface area contributed by atoms with Gasteiger partial charge in [-0.2, -0.15) is 0 Å². The molecular weight excluding hydrogens is 352 g/mol. The average Bonchev–Trinajstić information content (AvgIpc) is 3.10. The highest BCUT2D eigenvalue weighted by molar-refractivity contribution is 6.06. The van der Waals surface area contributed by atoms with Crippen LogP contribution in [0.5, 0.6) is 11.5 Å². The normalized spacial score (nSPS) is 33.7. The predicted octanol–water partition coefficient (Wildman–Crippen LogP) is 1.77. The second-order valence-electron chi connectivity index (χ2n) is 7.76. The van der Waals surface area contributed by atoms with E-state index in [-0.39, 0.29) is 5.92 Å². The molecule has 2 fully saturated rings. The minimum atomic E-state index is -1.01. The number of ether oxygens (including phenoxy) is 2. The van der Waals surface area contributed by atoms with Crippen LogP contribution in [0.3, 0.4) is 0 Å². The van der Waals surface area contributed by atoms with Crippen molar-refractivity contribution in [2.24, 2.45) is 11.3 Å². The Labute approximate surface area is 153 Å². The van der Waals surface area contributed by atoms with Crippen molar-refractivity contribution in [3.05, 3.63) is 24.0 Å². The third kappa shape index (κ3) is 1.58. The summed E-state index contributed by atoms with van der Waals surface area (Å²) in [6.45, 7) is 2.60. The van der Waals surface area contributed by atoms with Crippen LogP contribution in [0.2, 0.25) is 0 Å². The minimum absolute atomic E-state index is 0.339. The van der Waals surface area contributed by atoms with E-state index in [0.29, 0.717) is 36.7 Å². The summed E-state index contributed by atoms with van der Waals surface area (Å²) in [5.41, 5.74) is 0.316. The van der Waals surface area contributed by atoms with Crippen LogP contribution in [0, 0.1) is 11.3 Å². The number of rotatable bonds is 0. The van der Waals surface area contributed by atoms with Crippen LogP contribution in [0.25, 0.3) is 11.0 Å². The van der Waals surface area contributed by atoms with E-state index in [9.17, 15) is 14.4 Å². The molecule has 4 aliphatic rings. The van der Waals surface area contributed by atoms with Crippen molar-refractivity contribution in [3.8, 4) is 11.5 Å². The summed E-state index contributed by atoms with van der Waals surface area (Å²) >= 11 is 0. The number of hydrogen-bond acceptors (Lipinski definition) is 6. The van der Waals surface area contributed by atoms with Crippen molar-refractivity contribution in [1.29, 1.82) is 0 Å². The number of fused-ring (bicyclic) bond motifs is 3. The maximum Gasteiger partial charge on any atom is 0.324 e. The Hall–Kier alpha value is -3.03. The number of urea groups is 1. The van der Waals surface area contributed by atoms with Crippen molar-refractivity contribution in [1.82, 2.24) is 10.2 Å². The van der Waals surface area contributed by atoms with Gasteiger partial charge in [-0.1, -0.05) is 0 Å². The zero-order valence-corrected chi connectivity index (χ0v) is 14.5. The second kappa shape index (κ2) is 4.62. The van der Waals surface area contributed by atoms with Gasteiger partial charge in [-0.25, -0.2) is 4.79 Å². The standard InChI is InChI=1S/C19H16N2O6/c1-19-13-12-11-10(27-16(13)22)7-9-8(3-6-25-9)14(11)26-5-2-4-21(15(12)19)18(24)20-17(19)23/h3,6-7,12-13,15H,2,4-5H2,1H3,(H,20,23,24)/t12-,13-,15-,19+/m0/s1. The van der Waals surface area contributed by atoms with Crippen molar-refractivity contribution in [3.63, 3.8) is 0 Å². The van der Waals surface area contributed by atoms with Gasteiger partial charge in [0.15, 0.2) is 0 Å². The molecule has 1 N–H and O–H groups in total. The molecule has 0 spiro atoms. The summed E-state index contributed by atoms with van der Waals surface area (Å²) in [7, 11) is 0. The fraction of sp³-hybridized carbons (Fsp3) is 0.421. The molecular formula is C19H16N2O6. The van der Waals surface area contributed by atoms with Crippen molar-refractivity contribution in [2.45, 2.75) is 25.3 Å². The third-order valence-electron chi connectivity index (χ3n) is 6.57. The fourth-order valence-electron chi connectivity index (χ4n) is 5.38. The first-order valence-corrected chi connectivity index (χ1v) is 9.02. The number of nitrogens with one attached hydrogen (secondary N) is 1. The van der Waals surface area contributed by atoms with Crippen molar-refractivity contribution < 1.29 is 28.3 Å². The van der Waals surface area contributed by atoms with E-state index >= 15 is 0 Å². The van der Waals surface area contributed by atoms with Gasteiger partial charge in [-0.15, -0.1) is 0 Å². The van der Waals surface area contributed by atoms with Crippen LogP contribution in [-0.4, -0.2) is 42.0 Å². The molecule has 1 aliphatic carbocycles. The Balaban J connectivity index is 1.66. The third-order valence-corrected chi connectivity index (χ3v) is 6.57. The zero-order chi connectivity index (χ0) is 18.5. The van der Waals surface area contributed by atoms with Crippen LogP contribution in [0.15, 0.2) is 22.8 Å². The molecule has 3 amide bonds. The Morgan fingerprint density at radius 1 is 1.30 bits per heavy atom. The predicted molar refractivity (Wildman–Crippen MR) is 90.3 cm³/mol. The quantitative estimate of drug-likeness (QED) is 0.562. The number of imide groups is 1. The van der Waals surface area contributed by atoms with Gasteiger partial charge in [0.05, 0.1) is 35.6 Å². The summed E-state index contributed by atoms with van der Waals surface area (Å²) in [5.74, 6) is -0.848. The van der Waals surface area contributed by atoms with Crippen LogP contribution in [-0.2, 0) is 9.59 Å². The van der Waals surface area contributed by atoms with Gasteiger partial charge in [-0.05, 0) is 19.4 Å². The highest BCUT2D eigenvalue weighted by atomic mass is 16.5. The molecule has 0 unspecified atom stereocenters. The molecule has 6 rings (SSSR count). The minimum Gasteiger partial charge on any atom is -0.492 e. The van der Waals surface area contributed by atoms with E-state index in [4.69, 9.17) is 13.9 Å². The maximum absolute atomic E-state index is 12.8. The first-order valence-electron chi connectivity index (χ1n) is 9.02. The van der Waals surface area contributed by atoms with Crippen LogP contribution in [0.1, 0.15) is 24.8 Å². The van der Waals surface area contributed by atoms with E-state index in [0.717, 1.165) is 10.9 Å². The van der Waals surface area contributed by atoms with Gasteiger partial charge in [-0.3, -0.25) is 14.9 Å². The molecule has 2 aromatic rings. The molecule has 4 atom stereocenters. The van der Waals surface area contributed by atoms with E-state index in [1.807, 2.05) is 6.07 Å². The van der Waals surface area contributed by atoms with Gasteiger partial charge >= 0.3 is 12.0 Å². The SMILES string of the molecule is C[C@@]12C(=O)NC(=O)N3CCCOc4c5c(cc6occc46)OC(=O)[C@@H]1[C@H]5[C@H]32. The van der Waals surface area contributed by atoms with Gasteiger partial charge < -0.3 is 18.8 Å². The largest absolute Gasteiger partial charge is 0.492 e. The number of amides is 3. The fourth-order valence-corrected chi connectivity index (χ4v) is 5.38. The van der Waals surface area contributed by atoms with Gasteiger partial charge in [0.25, 0.3) is 0 Å². The summed E-state index contributed by atoms with van der Waals surface area (Å²) in [6, 6.07) is 2.70. The topological polar surface area (TPSA) is 98.1 Å². The van der Waals surface area contributed by atoms with Crippen LogP contribution in [0.4, 0.5) is 4.79 Å². The molecule has 4 heterocycles. The molecule has 1 saturated carbocycles. The molecule has 27 heavy (non-hydrogen) atoms.